The van der Waals surface area contributed by atoms with Crippen LogP contribution in [0.4, 0.5) is 0 Å². The predicted octanol–water partition coefficient (Wildman–Crippen LogP) is -1.22. The second-order valence-electron chi connectivity index (χ2n) is 3.24. The number of nitrogens with two attached hydrogens (primary N) is 1. The summed E-state index contributed by atoms with van der Waals surface area (Å²) in [5, 5.41) is 18.1. The van der Waals surface area contributed by atoms with Crippen LogP contribution in [0.5, 0.6) is 0 Å². The van der Waals surface area contributed by atoms with Crippen LogP contribution in [0.3, 0.4) is 0 Å². The third-order valence-corrected chi connectivity index (χ3v) is 3.13. The zero-order valence-electron chi connectivity index (χ0n) is 9.29. The van der Waals surface area contributed by atoms with Gasteiger partial charge in [-0.1, -0.05) is 0 Å². The fourth-order valence-electron chi connectivity index (χ4n) is 0.854. The quantitative estimate of drug-likeness (QED) is 0.305. The van der Waals surface area contributed by atoms with Crippen LogP contribution in [0.15, 0.2) is 0 Å². The van der Waals surface area contributed by atoms with Crippen molar-refractivity contribution in [2.45, 2.75) is 36.1 Å². The Kier molecular flexibility index (Phi) is 7.73. The second-order valence-corrected chi connectivity index (χ2v) is 5.31. The molecule has 0 saturated carbocycles. The van der Waals surface area contributed by atoms with E-state index >= 15 is 0 Å². The van der Waals surface area contributed by atoms with Gasteiger partial charge in [-0.2, -0.15) is 0 Å². The van der Waals surface area contributed by atoms with E-state index in [4.69, 9.17) is 15.9 Å². The maximum atomic E-state index is 11.2. The molecule has 0 bridgehead atoms. The summed E-state index contributed by atoms with van der Waals surface area (Å²) in [5.74, 6) is -1.61. The van der Waals surface area contributed by atoms with Crippen molar-refractivity contribution in [2.24, 2.45) is 5.73 Å². The molecule has 8 heteroatoms. The van der Waals surface area contributed by atoms with Gasteiger partial charge in [-0.15, -0.1) is 0 Å². The average molecular weight is 312 g/mol. The van der Waals surface area contributed by atoms with Gasteiger partial charge in [-0.25, -0.2) is 0 Å². The second kappa shape index (κ2) is 8.19. The molecule has 0 aromatic carbocycles. The Labute approximate surface area is 104 Å². The number of hydrogen-bond acceptors (Lipinski definition) is 6. The minimum absolute atomic E-state index is 0.366. The Balaban J connectivity index is 4.10. The molecule has 4 N–H and O–H groups in total. The molecule has 0 radical (unpaired) electrons. The summed E-state index contributed by atoms with van der Waals surface area (Å²) in [4.78, 5) is 32.5. The van der Waals surface area contributed by atoms with Gasteiger partial charge in [0.05, 0.1) is 0 Å². The molecule has 0 fully saturated rings. The molecule has 0 rings (SSSR count). The Morgan fingerprint density at radius 3 is 2.41 bits per heavy atom. The van der Waals surface area contributed by atoms with Crippen molar-refractivity contribution >= 4 is 32.9 Å². The monoisotopic (exact) mass is 313 g/mol. The fourth-order valence-corrected chi connectivity index (χ4v) is 1.88. The van der Waals surface area contributed by atoms with Crippen molar-refractivity contribution in [3.63, 3.8) is 0 Å². The molecule has 0 aliphatic rings. The van der Waals surface area contributed by atoms with Gasteiger partial charge in [0.2, 0.25) is 0 Å². The van der Waals surface area contributed by atoms with Crippen LogP contribution < -0.4 is 5.73 Å². The first kappa shape index (κ1) is 16.0. The number of carbonyl (C=O) groups is 3. The number of esters is 2. The molecule has 0 amide bonds. The first-order chi connectivity index (χ1) is 7.88. The van der Waals surface area contributed by atoms with Crippen molar-refractivity contribution in [3.05, 3.63) is 0 Å². The topological polar surface area (TPSA) is 127 Å². The first-order valence-corrected chi connectivity index (χ1v) is 7.70. The molecule has 7 nitrogen and oxygen atoms in total. The summed E-state index contributed by atoms with van der Waals surface area (Å²) >= 11 is 0.366. The first-order valence-electron chi connectivity index (χ1n) is 4.78. The molecule has 17 heavy (non-hydrogen) atoms. The summed E-state index contributed by atoms with van der Waals surface area (Å²) in [6, 6.07) is -0.919. The number of rotatable bonds is 7. The molecule has 0 spiro atoms. The van der Waals surface area contributed by atoms with Crippen molar-refractivity contribution in [3.8, 4) is 0 Å². The summed E-state index contributed by atoms with van der Waals surface area (Å²) in [6.45, 7) is 0. The number of carbonyl (C=O) groups excluding carboxylic acids is 2. The molecule has 0 heterocycles. The van der Waals surface area contributed by atoms with E-state index in [0.717, 1.165) is 5.32 Å². The van der Waals surface area contributed by atoms with Crippen molar-refractivity contribution < 1.29 is 29.3 Å². The molecule has 1 unspecified atom stereocenters. The van der Waals surface area contributed by atoms with E-state index in [9.17, 15) is 14.4 Å². The Morgan fingerprint density at radius 2 is 1.94 bits per heavy atom. The third-order valence-electron chi connectivity index (χ3n) is 1.78. The van der Waals surface area contributed by atoms with Crippen LogP contribution in [0, 0.1) is 0 Å². The summed E-state index contributed by atoms with van der Waals surface area (Å²) in [6.07, 6.45) is -2.25. The van der Waals surface area contributed by atoms with Crippen molar-refractivity contribution in [1.82, 2.24) is 0 Å². The van der Waals surface area contributed by atoms with Gasteiger partial charge in [0.1, 0.15) is 0 Å². The van der Waals surface area contributed by atoms with E-state index in [-0.39, 0.29) is 0 Å². The van der Waals surface area contributed by atoms with E-state index in [2.05, 4.69) is 4.74 Å². The standard InChI is InChI=1S/C9H15NO6Se/c1-17-3-2-5(10)8(14)16-9(15)6(11)4-7(12)13/h5-6,11H,2-4,10H2,1H3,(H,12,13)/t5-,6?/m0/s1. The van der Waals surface area contributed by atoms with Crippen LogP contribution in [0.25, 0.3) is 0 Å². The van der Waals surface area contributed by atoms with Crippen LogP contribution in [-0.4, -0.2) is 55.2 Å². The number of aliphatic hydroxyl groups excluding tert-OH is 1. The van der Waals surface area contributed by atoms with E-state index in [1.165, 1.54) is 0 Å². The Morgan fingerprint density at radius 1 is 1.35 bits per heavy atom. The molecule has 2 atom stereocenters. The maximum absolute atomic E-state index is 11.2. The van der Waals surface area contributed by atoms with Crippen molar-refractivity contribution in [2.75, 3.05) is 0 Å². The van der Waals surface area contributed by atoms with Gasteiger partial charge in [0.15, 0.2) is 0 Å². The van der Waals surface area contributed by atoms with Crippen LogP contribution in [0.2, 0.25) is 11.1 Å². The van der Waals surface area contributed by atoms with Crippen LogP contribution in [-0.2, 0) is 19.1 Å². The van der Waals surface area contributed by atoms with Crippen molar-refractivity contribution in [1.29, 1.82) is 0 Å². The van der Waals surface area contributed by atoms with Gasteiger partial charge in [0.25, 0.3) is 0 Å². The van der Waals surface area contributed by atoms with Gasteiger partial charge >= 0.3 is 104 Å². The van der Waals surface area contributed by atoms with Gasteiger partial charge < -0.3 is 0 Å². The number of ether oxygens (including phenoxy) is 1. The van der Waals surface area contributed by atoms with E-state index in [1.807, 2.05) is 5.82 Å². The fraction of sp³-hybridized carbons (Fsp3) is 0.667. The summed E-state index contributed by atoms with van der Waals surface area (Å²) < 4.78 is 4.26. The molecule has 0 aromatic rings. The van der Waals surface area contributed by atoms with E-state index < -0.39 is 36.5 Å². The molecule has 0 aromatic heterocycles. The minimum atomic E-state index is -1.85. The third kappa shape index (κ3) is 7.06. The summed E-state index contributed by atoms with van der Waals surface area (Å²) in [7, 11) is 0. The van der Waals surface area contributed by atoms with Crippen LogP contribution in [0.1, 0.15) is 12.8 Å². The number of hydrogen-bond donors (Lipinski definition) is 3. The Bertz CT molecular complexity index is 295. The molecular formula is C9H15NO6Se. The van der Waals surface area contributed by atoms with E-state index in [1.54, 1.807) is 0 Å². The average Bonchev–Trinajstić information content (AvgIpc) is 2.24. The molecule has 98 valence electrons. The summed E-state index contributed by atoms with van der Waals surface area (Å²) in [5.41, 5.74) is 5.44. The van der Waals surface area contributed by atoms with Gasteiger partial charge in [0, 0.05) is 0 Å². The SMILES string of the molecule is C[Se]CC[C@H](N)C(=O)OC(=O)C(O)CC(=O)O. The van der Waals surface area contributed by atoms with Gasteiger partial charge in [-0.05, 0) is 0 Å². The Hall–Kier alpha value is -0.951. The normalized spacial score (nSPS) is 13.8. The zero-order valence-corrected chi connectivity index (χ0v) is 11.0. The molecule has 0 aliphatic heterocycles. The molecule has 0 saturated heterocycles. The van der Waals surface area contributed by atoms with Crippen LogP contribution >= 0.6 is 0 Å². The van der Waals surface area contributed by atoms with E-state index in [0.29, 0.717) is 21.4 Å². The molecular weight excluding hydrogens is 297 g/mol. The number of aliphatic hydroxyl groups is 1. The molecule has 0 aliphatic carbocycles. The number of carboxylic acids is 1. The number of aliphatic carboxylic acids is 1. The van der Waals surface area contributed by atoms with Gasteiger partial charge in [-0.3, -0.25) is 0 Å². The zero-order chi connectivity index (χ0) is 13.4. The number of carboxylic acid groups (broad SMARTS) is 1. The predicted molar refractivity (Wildman–Crippen MR) is 58.4 cm³/mol.